The first-order chi connectivity index (χ1) is 11.1. The molecule has 0 aliphatic carbocycles. The second kappa shape index (κ2) is 12.3. The van der Waals surface area contributed by atoms with Crippen LogP contribution < -0.4 is 0 Å². The third-order valence-corrected chi connectivity index (χ3v) is 3.88. The Balaban J connectivity index is 0.000000358. The van der Waals surface area contributed by atoms with Crippen molar-refractivity contribution in [2.45, 2.75) is 48.0 Å². The van der Waals surface area contributed by atoms with Gasteiger partial charge in [0.25, 0.3) is 0 Å². The molecule has 0 saturated carbocycles. The highest BCUT2D eigenvalue weighted by Gasteiger charge is 2.02. The van der Waals surface area contributed by atoms with Crippen molar-refractivity contribution < 1.29 is 0 Å². The predicted octanol–water partition coefficient (Wildman–Crippen LogP) is 5.36. The van der Waals surface area contributed by atoms with Crippen LogP contribution in [0.3, 0.4) is 0 Å². The molecule has 0 radical (unpaired) electrons. The summed E-state index contributed by atoms with van der Waals surface area (Å²) in [4.78, 5) is 0. The first-order valence-corrected chi connectivity index (χ1v) is 9.13. The van der Waals surface area contributed by atoms with Crippen LogP contribution in [-0.4, -0.2) is 27.5 Å². The van der Waals surface area contributed by atoms with E-state index in [4.69, 9.17) is 0 Å². The van der Waals surface area contributed by atoms with Gasteiger partial charge in [-0.05, 0) is 26.3 Å². The third kappa shape index (κ3) is 7.28. The zero-order valence-corrected chi connectivity index (χ0v) is 17.1. The fourth-order valence-corrected chi connectivity index (χ4v) is 2.42. The number of aromatic nitrogens is 2. The van der Waals surface area contributed by atoms with Crippen LogP contribution in [-0.2, 0) is 7.05 Å². The number of aryl methyl sites for hydroxylation is 2. The zero-order chi connectivity index (χ0) is 17.8. The lowest BCUT2D eigenvalue weighted by Crippen LogP contribution is -2.17. The molecule has 130 valence electrons. The molecule has 1 aliphatic heterocycles. The fraction of sp³-hybridized carbons (Fsp3) is 0.526. The van der Waals surface area contributed by atoms with E-state index in [0.29, 0.717) is 0 Å². The average Bonchev–Trinajstić information content (AvgIpc) is 2.90. The van der Waals surface area contributed by atoms with Gasteiger partial charge in [-0.15, -0.1) is 0 Å². The Morgan fingerprint density at radius 1 is 1.04 bits per heavy atom. The summed E-state index contributed by atoms with van der Waals surface area (Å²) in [5.74, 6) is 0. The Morgan fingerprint density at radius 3 is 2.13 bits per heavy atom. The summed E-state index contributed by atoms with van der Waals surface area (Å²) in [6.45, 7) is 14.5. The topological polar surface area (TPSA) is 21.1 Å². The molecule has 1 aliphatic rings. The van der Waals surface area contributed by atoms with Crippen molar-refractivity contribution in [2.75, 3.05) is 13.1 Å². The van der Waals surface area contributed by atoms with Gasteiger partial charge in [-0.25, -0.2) is 0 Å². The molecule has 2 heterocycles. The Kier molecular flexibility index (Phi) is 11.6. The first kappa shape index (κ1) is 21.8. The number of para-hydroxylation sites is 1. The number of hydrogen-bond acceptors (Lipinski definition) is 2. The molecule has 3 nitrogen and oxygen atoms in total. The minimum atomic E-state index is 1.10. The van der Waals surface area contributed by atoms with Gasteiger partial charge in [-0.1, -0.05) is 66.9 Å². The molecule has 1 aromatic carbocycles. The molecule has 2 aromatic rings. The Hall–Kier alpha value is -1.18. The number of fused-ring (bicyclic) bond motifs is 1. The first-order valence-electron chi connectivity index (χ1n) is 8.61. The molecule has 1 aromatic heterocycles. The normalized spacial score (nSPS) is 13.7. The Labute approximate surface area is 145 Å². The highest BCUT2D eigenvalue weighted by atomic mass is 31.0. The van der Waals surface area contributed by atoms with Gasteiger partial charge in [0.2, 0.25) is 0 Å². The maximum Gasteiger partial charge on any atom is 0.0681 e. The molecule has 0 saturated heterocycles. The number of benzene rings is 1. The van der Waals surface area contributed by atoms with Crippen LogP contribution in [0.2, 0.25) is 0 Å². The minimum absolute atomic E-state index is 1.10. The van der Waals surface area contributed by atoms with Gasteiger partial charge >= 0.3 is 0 Å². The van der Waals surface area contributed by atoms with Crippen molar-refractivity contribution in [2.24, 2.45) is 7.05 Å². The van der Waals surface area contributed by atoms with Crippen LogP contribution in [0.4, 0.5) is 0 Å². The molecule has 0 fully saturated rings. The maximum atomic E-state index is 4.31. The standard InChI is InChI=1S/C9H10N2.C6H12NP.2C2H6/c1-7-8-5-3-4-6-9(8)11(2)10-7;1-6-2-4-7(8)5-3-6;2*1-2/h3-6H,1-2H3;2H,3-5,8H2,1H3;2*1-2H3. The van der Waals surface area contributed by atoms with Gasteiger partial charge in [0.05, 0.1) is 11.2 Å². The highest BCUT2D eigenvalue weighted by molar-refractivity contribution is 7.13. The van der Waals surface area contributed by atoms with Gasteiger partial charge in [0.1, 0.15) is 0 Å². The van der Waals surface area contributed by atoms with Crippen molar-refractivity contribution in [3.8, 4) is 0 Å². The van der Waals surface area contributed by atoms with E-state index in [9.17, 15) is 0 Å². The van der Waals surface area contributed by atoms with Crippen LogP contribution in [0.25, 0.3) is 10.9 Å². The SMILES string of the molecule is CC.CC.CC1=CCN(P)CC1.Cc1nn(C)c2ccccc12. The van der Waals surface area contributed by atoms with E-state index in [0.717, 1.165) is 12.2 Å². The van der Waals surface area contributed by atoms with E-state index < -0.39 is 0 Å². The summed E-state index contributed by atoms with van der Waals surface area (Å²) in [5, 5.41) is 5.55. The van der Waals surface area contributed by atoms with Gasteiger partial charge in [0.15, 0.2) is 0 Å². The summed E-state index contributed by atoms with van der Waals surface area (Å²) in [6.07, 6.45) is 3.51. The van der Waals surface area contributed by atoms with Gasteiger partial charge in [0, 0.05) is 25.5 Å². The number of rotatable bonds is 0. The molecule has 4 heteroatoms. The smallest absolute Gasteiger partial charge is 0.0681 e. The van der Waals surface area contributed by atoms with Crippen LogP contribution >= 0.6 is 9.39 Å². The molecule has 0 amide bonds. The number of hydrogen-bond donors (Lipinski definition) is 0. The van der Waals surface area contributed by atoms with E-state index in [2.05, 4.69) is 44.3 Å². The van der Waals surface area contributed by atoms with E-state index in [1.54, 1.807) is 0 Å². The van der Waals surface area contributed by atoms with Crippen molar-refractivity contribution in [1.82, 2.24) is 14.5 Å². The van der Waals surface area contributed by atoms with Crippen molar-refractivity contribution in [3.63, 3.8) is 0 Å². The summed E-state index contributed by atoms with van der Waals surface area (Å²) in [5.41, 5.74) is 3.83. The predicted molar refractivity (Wildman–Crippen MR) is 108 cm³/mol. The number of nitrogens with zero attached hydrogens (tertiary/aromatic N) is 3. The zero-order valence-electron chi connectivity index (χ0n) is 15.9. The maximum absolute atomic E-state index is 4.31. The van der Waals surface area contributed by atoms with Crippen LogP contribution in [0.15, 0.2) is 35.9 Å². The van der Waals surface area contributed by atoms with Crippen LogP contribution in [0.1, 0.15) is 46.7 Å². The van der Waals surface area contributed by atoms with Crippen molar-refractivity contribution in [1.29, 1.82) is 0 Å². The van der Waals surface area contributed by atoms with E-state index in [1.165, 1.54) is 29.4 Å². The summed E-state index contributed by atoms with van der Waals surface area (Å²) < 4.78 is 4.15. The van der Waals surface area contributed by atoms with Crippen LogP contribution in [0.5, 0.6) is 0 Å². The Bertz CT molecular complexity index is 551. The van der Waals surface area contributed by atoms with E-state index in [1.807, 2.05) is 58.5 Å². The summed E-state index contributed by atoms with van der Waals surface area (Å²) >= 11 is 0. The largest absolute Gasteiger partial charge is 0.283 e. The van der Waals surface area contributed by atoms with Crippen molar-refractivity contribution in [3.05, 3.63) is 41.6 Å². The van der Waals surface area contributed by atoms with Crippen LogP contribution in [0, 0.1) is 6.92 Å². The highest BCUT2D eigenvalue weighted by Crippen LogP contribution is 2.15. The lowest BCUT2D eigenvalue weighted by atomic mass is 10.1. The average molecular weight is 335 g/mol. The minimum Gasteiger partial charge on any atom is -0.283 e. The molecular weight excluding hydrogens is 301 g/mol. The quantitative estimate of drug-likeness (QED) is 0.477. The fourth-order valence-electron chi connectivity index (χ4n) is 2.18. The van der Waals surface area contributed by atoms with Crippen molar-refractivity contribution >= 4 is 20.3 Å². The van der Waals surface area contributed by atoms with E-state index in [-0.39, 0.29) is 0 Å². The van der Waals surface area contributed by atoms with E-state index >= 15 is 0 Å². The third-order valence-electron chi connectivity index (χ3n) is 3.41. The molecule has 0 bridgehead atoms. The lowest BCUT2D eigenvalue weighted by Gasteiger charge is -2.19. The molecule has 3 rings (SSSR count). The summed E-state index contributed by atoms with van der Waals surface area (Å²) in [7, 11) is 4.68. The monoisotopic (exact) mass is 335 g/mol. The summed E-state index contributed by atoms with van der Waals surface area (Å²) in [6, 6.07) is 8.24. The lowest BCUT2D eigenvalue weighted by molar-refractivity contribution is 0.498. The molecule has 1 atom stereocenters. The van der Waals surface area contributed by atoms with Gasteiger partial charge < -0.3 is 0 Å². The molecule has 1 unspecified atom stereocenters. The van der Waals surface area contributed by atoms with Gasteiger partial charge in [-0.3, -0.25) is 9.35 Å². The molecule has 0 N–H and O–H groups in total. The second-order valence-corrected chi connectivity index (χ2v) is 5.75. The molecular formula is C19H34N3P. The van der Waals surface area contributed by atoms with Gasteiger partial charge in [-0.2, -0.15) is 5.10 Å². The Morgan fingerprint density at radius 2 is 1.65 bits per heavy atom. The molecule has 0 spiro atoms. The second-order valence-electron chi connectivity index (χ2n) is 5.02. The molecule has 23 heavy (non-hydrogen) atoms.